The normalized spacial score (nSPS) is 14.5. The largest absolute Gasteiger partial charge is 0.381 e. The van der Waals surface area contributed by atoms with Crippen LogP contribution in [0, 0.1) is 11.8 Å². The zero-order valence-corrected chi connectivity index (χ0v) is 26.6. The van der Waals surface area contributed by atoms with Gasteiger partial charge in [-0.1, -0.05) is 42.2 Å². The molecule has 7 rings (SSSR count). The number of amides is 1. The molecular weight excluding hydrogens is 604 g/mol. The molecule has 1 amide bonds. The molecular formula is C36H36N10O2. The van der Waals surface area contributed by atoms with Gasteiger partial charge in [-0.05, 0) is 68.6 Å². The minimum absolute atomic E-state index is 0.0679. The van der Waals surface area contributed by atoms with Crippen LogP contribution in [0.5, 0.6) is 0 Å². The average molecular weight is 641 g/mol. The first-order valence-electron chi connectivity index (χ1n) is 16.0. The van der Waals surface area contributed by atoms with Crippen LogP contribution in [-0.2, 0) is 6.54 Å². The number of nitrogen functional groups attached to an aromatic ring is 1. The van der Waals surface area contributed by atoms with Gasteiger partial charge in [-0.2, -0.15) is 5.10 Å². The molecule has 0 radical (unpaired) electrons. The van der Waals surface area contributed by atoms with Gasteiger partial charge in [-0.3, -0.25) is 18.8 Å². The Bertz CT molecular complexity index is 2230. The SMILES string of the molecule is C[C@@H](NC(=O)c1c(N)nn2cccnc12)c1cc2cccc(C#Cc3cnn(CCN4CCC(N)CC4)c3)c2c(=O)n1-c1ccccc1. The molecule has 2 aromatic carbocycles. The average Bonchev–Trinajstić information content (AvgIpc) is 3.70. The second-order valence-corrected chi connectivity index (χ2v) is 12.1. The van der Waals surface area contributed by atoms with Gasteiger partial charge in [-0.15, -0.1) is 5.10 Å². The number of carbonyl (C=O) groups excluding carboxylic acids is 1. The second kappa shape index (κ2) is 13.2. The van der Waals surface area contributed by atoms with E-state index in [0.29, 0.717) is 39.4 Å². The standard InChI is InChI=1S/C36H36N10O2/c1-24(41-35(47)32-33(38)42-45-16-6-15-39-34(32)45)30-21-27-8-5-7-26(31(27)36(48)46(30)29-9-3-2-4-10-29)12-11-25-22-40-44(23-25)20-19-43-17-13-28(37)14-18-43/h2-10,15-16,21-24,28H,13-14,17-20,37H2,1H3,(H2,38,42)(H,41,47)/t24-/m1/s1. The second-order valence-electron chi connectivity index (χ2n) is 12.1. The molecule has 5 N–H and O–H groups in total. The number of carbonyl (C=O) groups is 1. The molecule has 0 bridgehead atoms. The van der Waals surface area contributed by atoms with Crippen LogP contribution in [0.15, 0.2) is 90.2 Å². The molecule has 0 spiro atoms. The molecule has 0 saturated carbocycles. The predicted octanol–water partition coefficient (Wildman–Crippen LogP) is 3.13. The van der Waals surface area contributed by atoms with E-state index in [1.807, 2.05) is 72.4 Å². The van der Waals surface area contributed by atoms with Crippen molar-refractivity contribution in [1.82, 2.24) is 39.2 Å². The number of nitrogens with one attached hydrogen (secondary N) is 1. The number of rotatable bonds is 7. The topological polar surface area (TPSA) is 154 Å². The number of piperidine rings is 1. The Kier molecular flexibility index (Phi) is 8.46. The molecule has 1 aliphatic heterocycles. The van der Waals surface area contributed by atoms with Crippen molar-refractivity contribution in [3.63, 3.8) is 0 Å². The van der Waals surface area contributed by atoms with Crippen LogP contribution in [0.1, 0.15) is 53.0 Å². The maximum Gasteiger partial charge on any atom is 0.264 e. The molecule has 242 valence electrons. The summed E-state index contributed by atoms with van der Waals surface area (Å²) in [6.07, 6.45) is 8.99. The summed E-state index contributed by atoms with van der Waals surface area (Å²) in [6.45, 7) is 5.53. The third kappa shape index (κ3) is 6.16. The Labute approximate surface area is 277 Å². The summed E-state index contributed by atoms with van der Waals surface area (Å²) >= 11 is 0. The fourth-order valence-corrected chi connectivity index (χ4v) is 6.22. The number of nitrogens with zero attached hydrogens (tertiary/aromatic N) is 7. The molecule has 12 heteroatoms. The van der Waals surface area contributed by atoms with Crippen molar-refractivity contribution in [3.8, 4) is 17.5 Å². The predicted molar refractivity (Wildman–Crippen MR) is 185 cm³/mol. The zero-order valence-electron chi connectivity index (χ0n) is 26.6. The van der Waals surface area contributed by atoms with Crippen molar-refractivity contribution in [2.45, 2.75) is 38.4 Å². The first kappa shape index (κ1) is 30.9. The summed E-state index contributed by atoms with van der Waals surface area (Å²) in [5, 5.41) is 12.9. The fourth-order valence-electron chi connectivity index (χ4n) is 6.22. The van der Waals surface area contributed by atoms with Crippen LogP contribution in [0.25, 0.3) is 22.1 Å². The number of likely N-dealkylation sites (tertiary alicyclic amines) is 1. The van der Waals surface area contributed by atoms with E-state index in [1.165, 1.54) is 4.52 Å². The zero-order chi connectivity index (χ0) is 33.2. The van der Waals surface area contributed by atoms with Gasteiger partial charge in [-0.25, -0.2) is 9.50 Å². The third-order valence-electron chi connectivity index (χ3n) is 8.78. The summed E-state index contributed by atoms with van der Waals surface area (Å²) in [7, 11) is 0. The van der Waals surface area contributed by atoms with Gasteiger partial charge in [0.05, 0.1) is 29.7 Å². The minimum Gasteiger partial charge on any atom is -0.381 e. The monoisotopic (exact) mass is 640 g/mol. The van der Waals surface area contributed by atoms with E-state index in [0.717, 1.165) is 44.6 Å². The van der Waals surface area contributed by atoms with E-state index in [9.17, 15) is 9.59 Å². The molecule has 0 aliphatic carbocycles. The molecule has 6 aromatic rings. The molecule has 4 aromatic heterocycles. The van der Waals surface area contributed by atoms with Crippen LogP contribution in [0.3, 0.4) is 0 Å². The molecule has 48 heavy (non-hydrogen) atoms. The Hall–Kier alpha value is -5.77. The number of fused-ring (bicyclic) bond motifs is 2. The van der Waals surface area contributed by atoms with Gasteiger partial charge in [0.15, 0.2) is 11.5 Å². The lowest BCUT2D eigenvalue weighted by atomic mass is 10.0. The number of benzene rings is 2. The van der Waals surface area contributed by atoms with Crippen LogP contribution in [-0.4, -0.2) is 65.4 Å². The van der Waals surface area contributed by atoms with E-state index in [-0.39, 0.29) is 16.9 Å². The van der Waals surface area contributed by atoms with Gasteiger partial charge >= 0.3 is 0 Å². The first-order valence-corrected chi connectivity index (χ1v) is 16.0. The van der Waals surface area contributed by atoms with Crippen molar-refractivity contribution in [2.75, 3.05) is 25.4 Å². The molecule has 1 aliphatic rings. The fraction of sp³-hybridized carbons (Fsp3) is 0.250. The number of pyridine rings is 1. The maximum absolute atomic E-state index is 14.4. The highest BCUT2D eigenvalue weighted by Gasteiger charge is 2.24. The lowest BCUT2D eigenvalue weighted by Crippen LogP contribution is -2.40. The van der Waals surface area contributed by atoms with E-state index < -0.39 is 11.9 Å². The first-order chi connectivity index (χ1) is 23.4. The van der Waals surface area contributed by atoms with Crippen molar-refractivity contribution in [3.05, 3.63) is 118 Å². The highest BCUT2D eigenvalue weighted by Crippen LogP contribution is 2.24. The maximum atomic E-state index is 14.4. The van der Waals surface area contributed by atoms with Crippen LogP contribution in [0.4, 0.5) is 5.82 Å². The lowest BCUT2D eigenvalue weighted by Gasteiger charge is -2.29. The molecule has 0 unspecified atom stereocenters. The molecule has 1 saturated heterocycles. The number of hydrogen-bond acceptors (Lipinski definition) is 8. The van der Waals surface area contributed by atoms with E-state index in [4.69, 9.17) is 11.5 Å². The Morgan fingerprint density at radius 2 is 1.88 bits per heavy atom. The van der Waals surface area contributed by atoms with E-state index in [2.05, 4.69) is 37.2 Å². The van der Waals surface area contributed by atoms with Crippen molar-refractivity contribution < 1.29 is 4.79 Å². The third-order valence-corrected chi connectivity index (χ3v) is 8.78. The van der Waals surface area contributed by atoms with Gasteiger partial charge in [0.2, 0.25) is 0 Å². The highest BCUT2D eigenvalue weighted by molar-refractivity contribution is 6.04. The summed E-state index contributed by atoms with van der Waals surface area (Å²) in [4.78, 5) is 34.6. The lowest BCUT2D eigenvalue weighted by molar-refractivity contribution is 0.0941. The molecule has 5 heterocycles. The van der Waals surface area contributed by atoms with Gasteiger partial charge < -0.3 is 21.7 Å². The van der Waals surface area contributed by atoms with Gasteiger partial charge in [0, 0.05) is 48.1 Å². The van der Waals surface area contributed by atoms with E-state index in [1.54, 1.807) is 29.2 Å². The van der Waals surface area contributed by atoms with E-state index >= 15 is 0 Å². The summed E-state index contributed by atoms with van der Waals surface area (Å²) in [6, 6.07) is 18.3. The Balaban J connectivity index is 1.20. The molecule has 1 atom stereocenters. The Morgan fingerprint density at radius 3 is 2.69 bits per heavy atom. The number of nitrogens with two attached hydrogens (primary N) is 2. The summed E-state index contributed by atoms with van der Waals surface area (Å²) < 4.78 is 4.99. The van der Waals surface area contributed by atoms with Crippen molar-refractivity contribution in [1.29, 1.82) is 0 Å². The van der Waals surface area contributed by atoms with Crippen LogP contribution >= 0.6 is 0 Å². The quantitative estimate of drug-likeness (QED) is 0.225. The molecule has 12 nitrogen and oxygen atoms in total. The van der Waals surface area contributed by atoms with Gasteiger partial charge in [0.25, 0.3) is 11.5 Å². The number of aromatic nitrogens is 6. The molecule has 1 fully saturated rings. The smallest absolute Gasteiger partial charge is 0.264 e. The van der Waals surface area contributed by atoms with Gasteiger partial charge in [0.1, 0.15) is 5.56 Å². The number of hydrogen-bond donors (Lipinski definition) is 3. The summed E-state index contributed by atoms with van der Waals surface area (Å²) in [5.74, 6) is 6.06. The van der Waals surface area contributed by atoms with Crippen LogP contribution < -0.4 is 22.3 Å². The highest BCUT2D eigenvalue weighted by atomic mass is 16.2. The summed E-state index contributed by atoms with van der Waals surface area (Å²) in [5.41, 5.74) is 15.1. The minimum atomic E-state index is -0.588. The van der Waals surface area contributed by atoms with Crippen LogP contribution in [0.2, 0.25) is 0 Å². The number of para-hydroxylation sites is 1. The number of anilines is 1. The Morgan fingerprint density at radius 1 is 1.06 bits per heavy atom. The van der Waals surface area contributed by atoms with Crippen molar-refractivity contribution in [2.24, 2.45) is 5.73 Å². The van der Waals surface area contributed by atoms with Crippen molar-refractivity contribution >= 4 is 28.1 Å².